The van der Waals surface area contributed by atoms with Gasteiger partial charge in [0.1, 0.15) is 18.3 Å². The van der Waals surface area contributed by atoms with Crippen molar-refractivity contribution in [3.05, 3.63) is 0 Å². The van der Waals surface area contributed by atoms with Gasteiger partial charge in [-0.15, -0.1) is 0 Å². The third-order valence-electron chi connectivity index (χ3n) is 2.08. The van der Waals surface area contributed by atoms with Crippen molar-refractivity contribution in [2.45, 2.75) is 24.1 Å². The van der Waals surface area contributed by atoms with Crippen molar-refractivity contribution in [2.75, 3.05) is 20.3 Å². The summed E-state index contributed by atoms with van der Waals surface area (Å²) in [4.78, 5) is 0. The van der Waals surface area contributed by atoms with E-state index in [1.165, 1.54) is 7.11 Å². The fraction of sp³-hybridized carbons (Fsp3) is 1.00. The second-order valence-electron chi connectivity index (χ2n) is 3.05. The van der Waals surface area contributed by atoms with Gasteiger partial charge in [0.2, 0.25) is 5.79 Å². The Morgan fingerprint density at radius 1 is 1.46 bits per heavy atom. The molecule has 78 valence electrons. The number of aliphatic hydroxyl groups excluding tert-OH is 3. The molecule has 0 aromatic carbocycles. The number of methoxy groups -OCH3 is 1. The lowest BCUT2D eigenvalue weighted by atomic mass is 10.1. The largest absolute Gasteiger partial charge is 0.391 e. The molecule has 1 unspecified atom stereocenters. The standard InChI is InChI=1S/C7H14O6/c1-12-2-4-5(9)6(10)7(11,3-8)13-4/h4-6,8-11H,2-3H2,1H3/t4-,5-,6+,7?/m1/s1. The minimum Gasteiger partial charge on any atom is -0.391 e. The van der Waals surface area contributed by atoms with E-state index in [2.05, 4.69) is 0 Å². The van der Waals surface area contributed by atoms with Crippen molar-refractivity contribution in [1.29, 1.82) is 0 Å². The maximum Gasteiger partial charge on any atom is 0.219 e. The van der Waals surface area contributed by atoms with Crippen molar-refractivity contribution in [3.8, 4) is 0 Å². The zero-order valence-electron chi connectivity index (χ0n) is 7.25. The summed E-state index contributed by atoms with van der Waals surface area (Å²) in [6.07, 6.45) is -3.59. The van der Waals surface area contributed by atoms with E-state index < -0.39 is 30.7 Å². The fourth-order valence-corrected chi connectivity index (χ4v) is 1.30. The molecule has 0 spiro atoms. The molecule has 1 fully saturated rings. The molecule has 1 rings (SSSR count). The Labute approximate surface area is 75.3 Å². The first-order chi connectivity index (χ1) is 6.05. The van der Waals surface area contributed by atoms with Crippen LogP contribution in [0.1, 0.15) is 0 Å². The lowest BCUT2D eigenvalue weighted by Gasteiger charge is -2.22. The van der Waals surface area contributed by atoms with Gasteiger partial charge in [-0.25, -0.2) is 0 Å². The summed E-state index contributed by atoms with van der Waals surface area (Å²) in [6.45, 7) is -0.730. The fourth-order valence-electron chi connectivity index (χ4n) is 1.30. The second kappa shape index (κ2) is 3.87. The highest BCUT2D eigenvalue weighted by Gasteiger charge is 2.52. The first-order valence-electron chi connectivity index (χ1n) is 3.91. The normalized spacial score (nSPS) is 45.5. The first kappa shape index (κ1) is 10.8. The third kappa shape index (κ3) is 1.83. The highest BCUT2D eigenvalue weighted by molar-refractivity contribution is 4.94. The molecular formula is C7H14O6. The summed E-state index contributed by atoms with van der Waals surface area (Å²) in [7, 11) is 1.40. The number of hydrogen-bond acceptors (Lipinski definition) is 6. The minimum atomic E-state index is -2.08. The monoisotopic (exact) mass is 194 g/mol. The Bertz CT molecular complexity index is 174. The van der Waals surface area contributed by atoms with Gasteiger partial charge in [0.25, 0.3) is 0 Å². The van der Waals surface area contributed by atoms with Gasteiger partial charge in [0, 0.05) is 7.11 Å². The Hall–Kier alpha value is -0.240. The van der Waals surface area contributed by atoms with Gasteiger partial charge in [-0.1, -0.05) is 0 Å². The average molecular weight is 194 g/mol. The van der Waals surface area contributed by atoms with Crippen LogP contribution in [0.4, 0.5) is 0 Å². The zero-order valence-corrected chi connectivity index (χ0v) is 7.25. The van der Waals surface area contributed by atoms with Crippen LogP contribution in [0.25, 0.3) is 0 Å². The Balaban J connectivity index is 2.66. The van der Waals surface area contributed by atoms with Crippen molar-refractivity contribution in [2.24, 2.45) is 0 Å². The molecule has 6 heteroatoms. The summed E-state index contributed by atoms with van der Waals surface area (Å²) in [6, 6.07) is 0. The second-order valence-corrected chi connectivity index (χ2v) is 3.05. The summed E-state index contributed by atoms with van der Waals surface area (Å²) >= 11 is 0. The van der Waals surface area contributed by atoms with Crippen LogP contribution >= 0.6 is 0 Å². The SMILES string of the molecule is COC[C@H]1OC(O)(CO)[C@@H](O)[C@@H]1O. The van der Waals surface area contributed by atoms with Crippen LogP contribution in [0.3, 0.4) is 0 Å². The topological polar surface area (TPSA) is 99.4 Å². The molecule has 13 heavy (non-hydrogen) atoms. The molecule has 6 nitrogen and oxygen atoms in total. The number of hydrogen-bond donors (Lipinski definition) is 4. The lowest BCUT2D eigenvalue weighted by Crippen LogP contribution is -2.46. The van der Waals surface area contributed by atoms with Crippen LogP contribution in [0.15, 0.2) is 0 Å². The summed E-state index contributed by atoms with van der Waals surface area (Å²) < 4.78 is 9.54. The Morgan fingerprint density at radius 3 is 2.46 bits per heavy atom. The molecule has 0 bridgehead atoms. The number of aliphatic hydroxyl groups is 4. The van der Waals surface area contributed by atoms with E-state index in [-0.39, 0.29) is 6.61 Å². The van der Waals surface area contributed by atoms with Gasteiger partial charge in [-0.3, -0.25) is 0 Å². The van der Waals surface area contributed by atoms with Gasteiger partial charge in [-0.05, 0) is 0 Å². The molecule has 4 atom stereocenters. The molecule has 0 aliphatic carbocycles. The maximum absolute atomic E-state index is 9.40. The van der Waals surface area contributed by atoms with Gasteiger partial charge in [-0.2, -0.15) is 0 Å². The molecule has 0 radical (unpaired) electrons. The minimum absolute atomic E-state index is 0.0422. The molecule has 1 aliphatic rings. The first-order valence-corrected chi connectivity index (χ1v) is 3.91. The zero-order chi connectivity index (χ0) is 10.1. The smallest absolute Gasteiger partial charge is 0.219 e. The highest BCUT2D eigenvalue weighted by atomic mass is 16.7. The third-order valence-corrected chi connectivity index (χ3v) is 2.08. The molecule has 1 heterocycles. The Kier molecular flexibility index (Phi) is 3.23. The van der Waals surface area contributed by atoms with Crippen molar-refractivity contribution >= 4 is 0 Å². The van der Waals surface area contributed by atoms with Crippen molar-refractivity contribution in [3.63, 3.8) is 0 Å². The van der Waals surface area contributed by atoms with Crippen molar-refractivity contribution in [1.82, 2.24) is 0 Å². The van der Waals surface area contributed by atoms with Crippen LogP contribution in [0.2, 0.25) is 0 Å². The van der Waals surface area contributed by atoms with Gasteiger partial charge in [0.15, 0.2) is 0 Å². The molecule has 4 N–H and O–H groups in total. The summed E-state index contributed by atoms with van der Waals surface area (Å²) in [5.74, 6) is -2.08. The van der Waals surface area contributed by atoms with E-state index in [4.69, 9.17) is 14.6 Å². The molecule has 0 aromatic heterocycles. The van der Waals surface area contributed by atoms with E-state index in [0.717, 1.165) is 0 Å². The molecule has 0 saturated carbocycles. The van der Waals surface area contributed by atoms with Crippen LogP contribution in [0, 0.1) is 0 Å². The average Bonchev–Trinajstić information content (AvgIpc) is 2.33. The predicted octanol–water partition coefficient (Wildman–Crippen LogP) is -2.57. The quantitative estimate of drug-likeness (QED) is 0.394. The van der Waals surface area contributed by atoms with E-state index in [0.29, 0.717) is 0 Å². The number of rotatable bonds is 3. The van der Waals surface area contributed by atoms with E-state index in [1.54, 1.807) is 0 Å². The van der Waals surface area contributed by atoms with E-state index in [1.807, 2.05) is 0 Å². The van der Waals surface area contributed by atoms with Crippen LogP contribution < -0.4 is 0 Å². The van der Waals surface area contributed by atoms with E-state index >= 15 is 0 Å². The van der Waals surface area contributed by atoms with Crippen LogP contribution in [0.5, 0.6) is 0 Å². The number of ether oxygens (including phenoxy) is 2. The molecule has 0 amide bonds. The molecule has 0 aromatic rings. The van der Waals surface area contributed by atoms with Crippen LogP contribution in [-0.2, 0) is 9.47 Å². The maximum atomic E-state index is 9.40. The van der Waals surface area contributed by atoms with Crippen LogP contribution in [-0.4, -0.2) is 64.8 Å². The molecule has 1 saturated heterocycles. The van der Waals surface area contributed by atoms with E-state index in [9.17, 15) is 15.3 Å². The predicted molar refractivity (Wildman–Crippen MR) is 40.8 cm³/mol. The summed E-state index contributed by atoms with van der Waals surface area (Å²) in [5, 5.41) is 36.7. The van der Waals surface area contributed by atoms with Gasteiger partial charge in [0.05, 0.1) is 13.2 Å². The van der Waals surface area contributed by atoms with Crippen molar-refractivity contribution < 1.29 is 29.9 Å². The summed E-state index contributed by atoms with van der Waals surface area (Å²) in [5.41, 5.74) is 0. The molecular weight excluding hydrogens is 180 g/mol. The lowest BCUT2D eigenvalue weighted by molar-refractivity contribution is -0.248. The van der Waals surface area contributed by atoms with Gasteiger partial charge >= 0.3 is 0 Å². The molecule has 1 aliphatic heterocycles. The Morgan fingerprint density at radius 2 is 2.08 bits per heavy atom. The highest BCUT2D eigenvalue weighted by Crippen LogP contribution is 2.28. The van der Waals surface area contributed by atoms with Gasteiger partial charge < -0.3 is 29.9 Å².